The quantitative estimate of drug-likeness (QED) is 0.645. The molecule has 0 heterocycles. The summed E-state index contributed by atoms with van der Waals surface area (Å²) in [6.07, 6.45) is 6.19. The van der Waals surface area contributed by atoms with Gasteiger partial charge in [-0.05, 0) is 25.9 Å². The van der Waals surface area contributed by atoms with E-state index in [1.165, 1.54) is 32.1 Å². The predicted molar refractivity (Wildman–Crippen MR) is 55.7 cm³/mol. The molecule has 0 aliphatic heterocycles. The molecule has 0 amide bonds. The minimum Gasteiger partial charge on any atom is -0.330 e. The normalized spacial score (nSPS) is 8.18. The van der Waals surface area contributed by atoms with Crippen molar-refractivity contribution in [3.05, 3.63) is 0 Å². The van der Waals surface area contributed by atoms with E-state index >= 15 is 0 Å². The van der Waals surface area contributed by atoms with E-state index < -0.39 is 0 Å². The van der Waals surface area contributed by atoms with Crippen LogP contribution in [0.2, 0.25) is 0 Å². The highest BCUT2D eigenvalue weighted by molar-refractivity contribution is 5.85. The standard InChI is InChI=1S/C7H18N2.2ClH/c8-6-4-2-1-3-5-7-9;;/h1-9H2;2*1H. The van der Waals surface area contributed by atoms with Crippen molar-refractivity contribution < 1.29 is 0 Å². The van der Waals surface area contributed by atoms with Gasteiger partial charge in [0.15, 0.2) is 0 Å². The summed E-state index contributed by atoms with van der Waals surface area (Å²) in [6, 6.07) is 0. The van der Waals surface area contributed by atoms with E-state index in [-0.39, 0.29) is 24.8 Å². The van der Waals surface area contributed by atoms with Crippen molar-refractivity contribution in [1.29, 1.82) is 0 Å². The zero-order chi connectivity index (χ0) is 6.95. The lowest BCUT2D eigenvalue weighted by Gasteiger charge is -1.96. The highest BCUT2D eigenvalue weighted by Crippen LogP contribution is 1.99. The molecular weight excluding hydrogens is 183 g/mol. The third kappa shape index (κ3) is 18.0. The van der Waals surface area contributed by atoms with E-state index in [1.807, 2.05) is 0 Å². The van der Waals surface area contributed by atoms with Gasteiger partial charge in [-0.3, -0.25) is 0 Å². The van der Waals surface area contributed by atoms with E-state index in [9.17, 15) is 0 Å². The molecule has 4 N–H and O–H groups in total. The summed E-state index contributed by atoms with van der Waals surface area (Å²) in [6.45, 7) is 1.67. The van der Waals surface area contributed by atoms with Gasteiger partial charge in [-0.15, -0.1) is 24.8 Å². The molecular formula is C7H20Cl2N2. The Balaban J connectivity index is -0.000000320. The van der Waals surface area contributed by atoms with Crippen LogP contribution in [0, 0.1) is 0 Å². The first-order valence-corrected chi connectivity index (χ1v) is 3.82. The van der Waals surface area contributed by atoms with Crippen molar-refractivity contribution in [3.8, 4) is 0 Å². The molecule has 0 saturated carbocycles. The highest BCUT2D eigenvalue weighted by atomic mass is 35.5. The Morgan fingerprint density at radius 1 is 0.545 bits per heavy atom. The van der Waals surface area contributed by atoms with Gasteiger partial charge in [-0.1, -0.05) is 19.3 Å². The molecule has 72 valence electrons. The zero-order valence-corrected chi connectivity index (χ0v) is 8.55. The summed E-state index contributed by atoms with van der Waals surface area (Å²) >= 11 is 0. The van der Waals surface area contributed by atoms with E-state index in [4.69, 9.17) is 11.5 Å². The molecule has 0 aliphatic carbocycles. The number of hydrogen-bond donors (Lipinski definition) is 2. The number of halogens is 2. The fourth-order valence-corrected chi connectivity index (χ4v) is 0.819. The Kier molecular flexibility index (Phi) is 26.9. The van der Waals surface area contributed by atoms with Gasteiger partial charge in [0.2, 0.25) is 0 Å². The Hall–Kier alpha value is 0.500. The Morgan fingerprint density at radius 2 is 0.818 bits per heavy atom. The van der Waals surface area contributed by atoms with Gasteiger partial charge in [0.1, 0.15) is 0 Å². The second kappa shape index (κ2) is 16.8. The van der Waals surface area contributed by atoms with Crippen LogP contribution in [-0.2, 0) is 0 Å². The maximum absolute atomic E-state index is 5.32. The summed E-state index contributed by atoms with van der Waals surface area (Å²) < 4.78 is 0. The maximum atomic E-state index is 5.32. The summed E-state index contributed by atoms with van der Waals surface area (Å²) in [4.78, 5) is 0. The van der Waals surface area contributed by atoms with Crippen LogP contribution in [0.5, 0.6) is 0 Å². The van der Waals surface area contributed by atoms with Crippen molar-refractivity contribution in [1.82, 2.24) is 0 Å². The molecule has 11 heavy (non-hydrogen) atoms. The Bertz CT molecular complexity index is 47.7. The molecule has 0 aromatic heterocycles. The molecule has 0 aromatic carbocycles. The van der Waals surface area contributed by atoms with Crippen molar-refractivity contribution in [2.45, 2.75) is 32.1 Å². The highest BCUT2D eigenvalue weighted by Gasteiger charge is 1.85. The molecule has 4 heteroatoms. The third-order valence-electron chi connectivity index (χ3n) is 1.41. The number of nitrogens with two attached hydrogens (primary N) is 2. The van der Waals surface area contributed by atoms with Gasteiger partial charge < -0.3 is 11.5 Å². The van der Waals surface area contributed by atoms with Gasteiger partial charge in [0.05, 0.1) is 0 Å². The maximum Gasteiger partial charge on any atom is -0.00773 e. The fraction of sp³-hybridized carbons (Fsp3) is 1.00. The molecule has 0 saturated heterocycles. The van der Waals surface area contributed by atoms with Gasteiger partial charge in [-0.25, -0.2) is 0 Å². The summed E-state index contributed by atoms with van der Waals surface area (Å²) in [7, 11) is 0. The SMILES string of the molecule is Cl.Cl.NCCCCCCCN. The average Bonchev–Trinajstić information content (AvgIpc) is 1.89. The first-order valence-electron chi connectivity index (χ1n) is 3.82. The van der Waals surface area contributed by atoms with Crippen molar-refractivity contribution in [2.24, 2.45) is 11.5 Å². The van der Waals surface area contributed by atoms with E-state index in [2.05, 4.69) is 0 Å². The molecule has 0 bridgehead atoms. The third-order valence-corrected chi connectivity index (χ3v) is 1.41. The lowest BCUT2D eigenvalue weighted by molar-refractivity contribution is 0.623. The summed E-state index contributed by atoms with van der Waals surface area (Å²) in [5.74, 6) is 0. The van der Waals surface area contributed by atoms with E-state index in [0.29, 0.717) is 0 Å². The minimum absolute atomic E-state index is 0. The van der Waals surface area contributed by atoms with Gasteiger partial charge in [-0.2, -0.15) is 0 Å². The molecule has 0 aliphatic rings. The summed E-state index contributed by atoms with van der Waals surface area (Å²) in [5, 5.41) is 0. The number of unbranched alkanes of at least 4 members (excludes halogenated alkanes) is 4. The molecule has 0 atom stereocenters. The smallest absolute Gasteiger partial charge is 0.00773 e. The molecule has 0 spiro atoms. The van der Waals surface area contributed by atoms with Crippen LogP contribution in [0.25, 0.3) is 0 Å². The van der Waals surface area contributed by atoms with Crippen LogP contribution in [0.1, 0.15) is 32.1 Å². The largest absolute Gasteiger partial charge is 0.330 e. The molecule has 0 rings (SSSR count). The number of rotatable bonds is 6. The summed E-state index contributed by atoms with van der Waals surface area (Å²) in [5.41, 5.74) is 10.6. The van der Waals surface area contributed by atoms with Crippen LogP contribution in [0.4, 0.5) is 0 Å². The topological polar surface area (TPSA) is 52.0 Å². The molecule has 0 aromatic rings. The van der Waals surface area contributed by atoms with Gasteiger partial charge in [0, 0.05) is 0 Å². The van der Waals surface area contributed by atoms with E-state index in [0.717, 1.165) is 13.1 Å². The number of hydrogen-bond acceptors (Lipinski definition) is 2. The second-order valence-corrected chi connectivity index (χ2v) is 2.35. The van der Waals surface area contributed by atoms with Crippen LogP contribution in [0.15, 0.2) is 0 Å². The van der Waals surface area contributed by atoms with Crippen molar-refractivity contribution in [3.63, 3.8) is 0 Å². The van der Waals surface area contributed by atoms with Crippen molar-refractivity contribution in [2.75, 3.05) is 13.1 Å². The average molecular weight is 203 g/mol. The molecule has 0 unspecified atom stereocenters. The first-order chi connectivity index (χ1) is 4.41. The molecule has 2 nitrogen and oxygen atoms in total. The lowest BCUT2D eigenvalue weighted by Crippen LogP contribution is -1.99. The Morgan fingerprint density at radius 3 is 1.09 bits per heavy atom. The second-order valence-electron chi connectivity index (χ2n) is 2.35. The van der Waals surface area contributed by atoms with Crippen molar-refractivity contribution >= 4 is 24.8 Å². The Labute approximate surface area is 81.9 Å². The van der Waals surface area contributed by atoms with Crippen LogP contribution >= 0.6 is 24.8 Å². The zero-order valence-electron chi connectivity index (χ0n) is 6.92. The fourth-order valence-electron chi connectivity index (χ4n) is 0.819. The van der Waals surface area contributed by atoms with E-state index in [1.54, 1.807) is 0 Å². The van der Waals surface area contributed by atoms with Crippen LogP contribution < -0.4 is 11.5 Å². The monoisotopic (exact) mass is 202 g/mol. The molecule has 0 radical (unpaired) electrons. The predicted octanol–water partition coefficient (Wildman–Crippen LogP) is 1.70. The molecule has 0 fully saturated rings. The minimum atomic E-state index is 0. The first kappa shape index (κ1) is 17.5. The lowest BCUT2D eigenvalue weighted by atomic mass is 10.1. The van der Waals surface area contributed by atoms with Crippen LogP contribution in [-0.4, -0.2) is 13.1 Å². The van der Waals surface area contributed by atoms with Gasteiger partial charge in [0.25, 0.3) is 0 Å². The van der Waals surface area contributed by atoms with Crippen LogP contribution in [0.3, 0.4) is 0 Å². The van der Waals surface area contributed by atoms with Gasteiger partial charge >= 0.3 is 0 Å².